The van der Waals surface area contributed by atoms with Gasteiger partial charge in [0.05, 0.1) is 13.2 Å². The lowest BCUT2D eigenvalue weighted by molar-refractivity contribution is -0.0526. The van der Waals surface area contributed by atoms with Crippen LogP contribution >= 0.6 is 11.3 Å². The number of rotatable bonds is 8. The van der Waals surface area contributed by atoms with Crippen molar-refractivity contribution in [1.29, 1.82) is 0 Å². The van der Waals surface area contributed by atoms with E-state index < -0.39 is 0 Å². The van der Waals surface area contributed by atoms with Gasteiger partial charge in [0.15, 0.2) is 6.29 Å². The van der Waals surface area contributed by atoms with Crippen molar-refractivity contribution < 1.29 is 9.47 Å². The second-order valence-electron chi connectivity index (χ2n) is 4.98. The van der Waals surface area contributed by atoms with E-state index in [1.165, 1.54) is 9.75 Å². The molecule has 19 heavy (non-hydrogen) atoms. The van der Waals surface area contributed by atoms with Gasteiger partial charge in [-0.1, -0.05) is 13.8 Å². The van der Waals surface area contributed by atoms with Crippen molar-refractivity contribution in [2.45, 2.75) is 51.9 Å². The lowest BCUT2D eigenvalue weighted by Gasteiger charge is -2.20. The number of ether oxygens (including phenoxy) is 2. The molecule has 3 nitrogen and oxygen atoms in total. The second-order valence-corrected chi connectivity index (χ2v) is 6.24. The fourth-order valence-corrected chi connectivity index (χ4v) is 3.37. The summed E-state index contributed by atoms with van der Waals surface area (Å²) in [6.07, 6.45) is 4.30. The molecule has 108 valence electrons. The van der Waals surface area contributed by atoms with Crippen molar-refractivity contribution in [3.05, 3.63) is 21.9 Å². The summed E-state index contributed by atoms with van der Waals surface area (Å²) in [5.74, 6) is 0. The largest absolute Gasteiger partial charge is 0.350 e. The highest BCUT2D eigenvalue weighted by atomic mass is 32.1. The third-order valence-electron chi connectivity index (χ3n) is 3.36. The molecule has 1 saturated heterocycles. The zero-order chi connectivity index (χ0) is 13.5. The van der Waals surface area contributed by atoms with Crippen molar-refractivity contribution in [2.24, 2.45) is 0 Å². The summed E-state index contributed by atoms with van der Waals surface area (Å²) >= 11 is 1.93. The Labute approximate surface area is 120 Å². The highest BCUT2D eigenvalue weighted by Gasteiger charge is 2.21. The Balaban J connectivity index is 1.87. The van der Waals surface area contributed by atoms with E-state index in [1.807, 2.05) is 11.3 Å². The van der Waals surface area contributed by atoms with Crippen LogP contribution in [0.1, 0.15) is 36.4 Å². The average Bonchev–Trinajstić information content (AvgIpc) is 3.07. The van der Waals surface area contributed by atoms with Gasteiger partial charge in [-0.05, 0) is 37.9 Å². The van der Waals surface area contributed by atoms with E-state index in [-0.39, 0.29) is 6.29 Å². The predicted molar refractivity (Wildman–Crippen MR) is 79.8 cm³/mol. The zero-order valence-corrected chi connectivity index (χ0v) is 12.8. The molecule has 2 heterocycles. The molecule has 0 saturated carbocycles. The van der Waals surface area contributed by atoms with Crippen LogP contribution < -0.4 is 5.32 Å². The molecular formula is C15H25NO2S. The Morgan fingerprint density at radius 1 is 1.26 bits per heavy atom. The number of nitrogens with one attached hydrogen (secondary N) is 1. The molecule has 4 heteroatoms. The summed E-state index contributed by atoms with van der Waals surface area (Å²) in [6.45, 7) is 6.95. The van der Waals surface area contributed by atoms with Crippen LogP contribution in [0.4, 0.5) is 0 Å². The van der Waals surface area contributed by atoms with Crippen LogP contribution in [-0.2, 0) is 22.3 Å². The first kappa shape index (κ1) is 15.0. The minimum Gasteiger partial charge on any atom is -0.350 e. The molecule has 0 bridgehead atoms. The van der Waals surface area contributed by atoms with Gasteiger partial charge in [-0.2, -0.15) is 0 Å². The standard InChI is InChI=1S/C15H25NO2S/c1-3-7-16-12(11-15-17-8-9-18-15)10-14-6-5-13(4-2)19-14/h5-6,12,15-16H,3-4,7-11H2,1-2H3. The maximum Gasteiger partial charge on any atom is 0.159 e. The maximum absolute atomic E-state index is 5.57. The third-order valence-corrected chi connectivity index (χ3v) is 4.62. The van der Waals surface area contributed by atoms with E-state index >= 15 is 0 Å². The quantitative estimate of drug-likeness (QED) is 0.795. The minimum atomic E-state index is -0.0139. The van der Waals surface area contributed by atoms with Crippen molar-refractivity contribution in [3.8, 4) is 0 Å². The van der Waals surface area contributed by atoms with Crippen LogP contribution in [-0.4, -0.2) is 32.1 Å². The fourth-order valence-electron chi connectivity index (χ4n) is 2.33. The van der Waals surface area contributed by atoms with Gasteiger partial charge in [-0.15, -0.1) is 11.3 Å². The minimum absolute atomic E-state index is 0.0139. The number of hydrogen-bond acceptors (Lipinski definition) is 4. The number of aryl methyl sites for hydroxylation is 1. The normalized spacial score (nSPS) is 18.0. The van der Waals surface area contributed by atoms with Gasteiger partial charge >= 0.3 is 0 Å². The van der Waals surface area contributed by atoms with Gasteiger partial charge in [0.25, 0.3) is 0 Å². The van der Waals surface area contributed by atoms with E-state index in [9.17, 15) is 0 Å². The van der Waals surface area contributed by atoms with Crippen molar-refractivity contribution in [1.82, 2.24) is 5.32 Å². The first-order valence-corrected chi connectivity index (χ1v) is 8.17. The Morgan fingerprint density at radius 3 is 2.63 bits per heavy atom. The van der Waals surface area contributed by atoms with E-state index in [0.29, 0.717) is 6.04 Å². The summed E-state index contributed by atoms with van der Waals surface area (Å²) in [7, 11) is 0. The average molecular weight is 283 g/mol. The first-order valence-electron chi connectivity index (χ1n) is 7.36. The number of hydrogen-bond donors (Lipinski definition) is 1. The first-order chi connectivity index (χ1) is 9.31. The molecule has 1 aromatic heterocycles. The summed E-state index contributed by atoms with van der Waals surface area (Å²) in [6, 6.07) is 4.96. The summed E-state index contributed by atoms with van der Waals surface area (Å²) in [5.41, 5.74) is 0. The van der Waals surface area contributed by atoms with Crippen LogP contribution in [0.3, 0.4) is 0 Å². The van der Waals surface area contributed by atoms with Crippen LogP contribution in [0.15, 0.2) is 12.1 Å². The monoisotopic (exact) mass is 283 g/mol. The molecule has 0 aromatic carbocycles. The molecule has 1 aliphatic rings. The van der Waals surface area contributed by atoms with E-state index in [0.717, 1.165) is 45.4 Å². The van der Waals surface area contributed by atoms with Crippen LogP contribution in [0.5, 0.6) is 0 Å². The van der Waals surface area contributed by atoms with Crippen molar-refractivity contribution in [3.63, 3.8) is 0 Å². The van der Waals surface area contributed by atoms with Crippen molar-refractivity contribution >= 4 is 11.3 Å². The summed E-state index contributed by atoms with van der Waals surface area (Å²) in [5, 5.41) is 3.62. The topological polar surface area (TPSA) is 30.5 Å². The maximum atomic E-state index is 5.57. The lowest BCUT2D eigenvalue weighted by Crippen LogP contribution is -2.35. The van der Waals surface area contributed by atoms with Gasteiger partial charge in [-0.3, -0.25) is 0 Å². The lowest BCUT2D eigenvalue weighted by atomic mass is 10.1. The Hall–Kier alpha value is -0.420. The fraction of sp³-hybridized carbons (Fsp3) is 0.733. The van der Waals surface area contributed by atoms with Crippen LogP contribution in [0.2, 0.25) is 0 Å². The molecule has 1 unspecified atom stereocenters. The summed E-state index contributed by atoms with van der Waals surface area (Å²) < 4.78 is 11.1. The molecule has 0 amide bonds. The Bertz CT molecular complexity index is 361. The second kappa shape index (κ2) is 8.00. The van der Waals surface area contributed by atoms with Crippen molar-refractivity contribution in [2.75, 3.05) is 19.8 Å². The van der Waals surface area contributed by atoms with E-state index in [1.54, 1.807) is 0 Å². The third kappa shape index (κ3) is 4.88. The molecule has 1 fully saturated rings. The van der Waals surface area contributed by atoms with Gasteiger partial charge < -0.3 is 14.8 Å². The van der Waals surface area contributed by atoms with Gasteiger partial charge in [0.1, 0.15) is 0 Å². The van der Waals surface area contributed by atoms with Crippen LogP contribution in [0.25, 0.3) is 0 Å². The molecule has 1 aromatic rings. The highest BCUT2D eigenvalue weighted by Crippen LogP contribution is 2.21. The SMILES string of the molecule is CCCNC(Cc1ccc(CC)s1)CC1OCCO1. The predicted octanol–water partition coefficient (Wildman–Crippen LogP) is 2.98. The highest BCUT2D eigenvalue weighted by molar-refractivity contribution is 7.11. The number of thiophene rings is 1. The van der Waals surface area contributed by atoms with E-state index in [2.05, 4.69) is 31.3 Å². The molecule has 1 aliphatic heterocycles. The molecular weight excluding hydrogens is 258 g/mol. The molecule has 0 spiro atoms. The van der Waals surface area contributed by atoms with Gasteiger partial charge in [-0.25, -0.2) is 0 Å². The van der Waals surface area contributed by atoms with Gasteiger partial charge in [0, 0.05) is 22.2 Å². The Kier molecular flexibility index (Phi) is 6.31. The van der Waals surface area contributed by atoms with Gasteiger partial charge in [0.2, 0.25) is 0 Å². The van der Waals surface area contributed by atoms with Crippen LogP contribution in [0, 0.1) is 0 Å². The summed E-state index contributed by atoms with van der Waals surface area (Å²) in [4.78, 5) is 2.93. The van der Waals surface area contributed by atoms with E-state index in [4.69, 9.17) is 9.47 Å². The smallest absolute Gasteiger partial charge is 0.159 e. The molecule has 0 aliphatic carbocycles. The zero-order valence-electron chi connectivity index (χ0n) is 12.0. The molecule has 1 N–H and O–H groups in total. The molecule has 1 atom stereocenters. The molecule has 0 radical (unpaired) electrons. The molecule has 2 rings (SSSR count). The Morgan fingerprint density at radius 2 is 2.00 bits per heavy atom.